The topological polar surface area (TPSA) is 65.6 Å². The molecule has 3 N–H and O–H groups in total. The summed E-state index contributed by atoms with van der Waals surface area (Å²) in [5, 5.41) is 7.98. The Morgan fingerprint density at radius 3 is 2.44 bits per heavy atom. The lowest BCUT2D eigenvalue weighted by molar-refractivity contribution is -0.274. The van der Waals surface area contributed by atoms with Crippen molar-refractivity contribution in [3.05, 3.63) is 48.2 Å². The summed E-state index contributed by atoms with van der Waals surface area (Å²) < 4.78 is 40.2. The summed E-state index contributed by atoms with van der Waals surface area (Å²) in [5.41, 5.74) is 5.64. The van der Waals surface area contributed by atoms with Crippen LogP contribution in [0.4, 0.5) is 18.9 Å². The second kappa shape index (κ2) is 12.4. The third-order valence-corrected chi connectivity index (χ3v) is 5.16. The van der Waals surface area contributed by atoms with Crippen molar-refractivity contribution in [1.29, 1.82) is 0 Å². The number of hydrazine groups is 1. The van der Waals surface area contributed by atoms with Crippen molar-refractivity contribution in [1.82, 2.24) is 15.8 Å². The molecule has 2 rings (SSSR count). The van der Waals surface area contributed by atoms with Gasteiger partial charge in [-0.15, -0.1) is 19.8 Å². The molecule has 1 amide bonds. The first-order valence-corrected chi connectivity index (χ1v) is 10.5. The molecule has 0 atom stereocenters. The van der Waals surface area contributed by atoms with E-state index in [0.29, 0.717) is 6.42 Å². The number of alkyl halides is 3. The van der Waals surface area contributed by atoms with Crippen LogP contribution in [0.1, 0.15) is 45.6 Å². The minimum atomic E-state index is -4.67. The zero-order chi connectivity index (χ0) is 24.4. The van der Waals surface area contributed by atoms with E-state index in [1.807, 2.05) is 39.2 Å². The van der Waals surface area contributed by atoms with E-state index in [2.05, 4.69) is 34.3 Å². The molecule has 0 unspecified atom stereocenters. The molecule has 1 fully saturated rings. The smallest absolute Gasteiger partial charge is 0.406 e. The number of carbonyl (C=O) groups excluding carboxylic acids is 1. The maximum Gasteiger partial charge on any atom is 0.573 e. The monoisotopic (exact) mass is 456 g/mol. The normalized spacial score (nSPS) is 15.1. The molecular formula is C23H35F3N4O2. The maximum absolute atomic E-state index is 12.1. The van der Waals surface area contributed by atoms with E-state index in [4.69, 9.17) is 0 Å². The van der Waals surface area contributed by atoms with Crippen LogP contribution < -0.4 is 20.8 Å². The van der Waals surface area contributed by atoms with E-state index in [-0.39, 0.29) is 17.3 Å². The summed E-state index contributed by atoms with van der Waals surface area (Å²) in [6.07, 6.45) is 3.55. The van der Waals surface area contributed by atoms with Gasteiger partial charge in [0.15, 0.2) is 0 Å². The highest BCUT2D eigenvalue weighted by Gasteiger charge is 2.38. The van der Waals surface area contributed by atoms with Gasteiger partial charge in [0, 0.05) is 32.0 Å². The summed E-state index contributed by atoms with van der Waals surface area (Å²) in [7, 11) is 3.81. The first kappa shape index (κ1) is 27.4. The van der Waals surface area contributed by atoms with Crippen molar-refractivity contribution in [2.75, 3.05) is 19.4 Å². The third-order valence-electron chi connectivity index (χ3n) is 5.16. The van der Waals surface area contributed by atoms with Gasteiger partial charge < -0.3 is 20.4 Å². The molecule has 0 spiro atoms. The highest BCUT2D eigenvalue weighted by atomic mass is 19.4. The van der Waals surface area contributed by atoms with Gasteiger partial charge >= 0.3 is 6.36 Å². The van der Waals surface area contributed by atoms with Crippen molar-refractivity contribution in [3.8, 4) is 5.75 Å². The number of benzene rings is 1. The van der Waals surface area contributed by atoms with Gasteiger partial charge in [-0.05, 0) is 75.8 Å². The summed E-state index contributed by atoms with van der Waals surface area (Å²) in [6.45, 7) is 9.56. The van der Waals surface area contributed by atoms with Crippen molar-refractivity contribution < 1.29 is 22.7 Å². The molecule has 1 aliphatic carbocycles. The molecule has 0 heterocycles. The third kappa shape index (κ3) is 8.82. The number of anilines is 1. The summed E-state index contributed by atoms with van der Waals surface area (Å²) in [5.74, 6) is -0.214. The van der Waals surface area contributed by atoms with Crippen molar-refractivity contribution in [2.24, 2.45) is 0 Å². The Labute approximate surface area is 188 Å². The number of nitrogens with one attached hydrogen (secondary N) is 3. The SMILES string of the molecule is C=CCc1cc(OC(F)(F)F)ccc1NC(C)C.CNN(C)/C=C(\C)C1(NC=O)CCC1. The summed E-state index contributed by atoms with van der Waals surface area (Å²) in [6, 6.07) is 4.45. The molecule has 1 aromatic carbocycles. The van der Waals surface area contributed by atoms with Crippen LogP contribution in [0, 0.1) is 0 Å². The Morgan fingerprint density at radius 1 is 1.34 bits per heavy atom. The van der Waals surface area contributed by atoms with Crippen molar-refractivity contribution in [2.45, 2.75) is 64.4 Å². The van der Waals surface area contributed by atoms with Crippen LogP contribution in [0.15, 0.2) is 42.6 Å². The molecule has 0 aromatic heterocycles. The molecule has 1 saturated carbocycles. The Balaban J connectivity index is 0.000000330. The van der Waals surface area contributed by atoms with Crippen LogP contribution in [0.3, 0.4) is 0 Å². The Kier molecular flexibility index (Phi) is 10.6. The maximum atomic E-state index is 12.1. The summed E-state index contributed by atoms with van der Waals surface area (Å²) >= 11 is 0. The van der Waals surface area contributed by atoms with Crippen LogP contribution in [-0.4, -0.2) is 43.5 Å². The fourth-order valence-electron chi connectivity index (χ4n) is 3.32. The Bertz CT molecular complexity index is 775. The number of ether oxygens (including phenoxy) is 1. The molecule has 1 aliphatic rings. The van der Waals surface area contributed by atoms with Gasteiger partial charge in [0.1, 0.15) is 5.75 Å². The van der Waals surface area contributed by atoms with E-state index in [0.717, 1.165) is 30.5 Å². The number of nitrogens with zero attached hydrogens (tertiary/aromatic N) is 1. The number of halogens is 3. The van der Waals surface area contributed by atoms with Crippen LogP contribution >= 0.6 is 0 Å². The molecule has 0 saturated heterocycles. The quantitative estimate of drug-likeness (QED) is 0.269. The largest absolute Gasteiger partial charge is 0.573 e. The number of hydrogen-bond donors (Lipinski definition) is 3. The first-order chi connectivity index (χ1) is 15.0. The standard InChI is InChI=1S/C13H16F3NO.C10H19N3O/c1-4-5-10-8-11(18-13(14,15)16)6-7-12(10)17-9(2)3;1-9(7-13(3)11-2)10(12-8-14)5-4-6-10/h4,6-9,17H,1,5H2,2-3H3;7-8,11H,4-6H2,1-3H3,(H,12,14)/b;9-7+. The van der Waals surface area contributed by atoms with E-state index in [1.54, 1.807) is 12.1 Å². The van der Waals surface area contributed by atoms with Crippen LogP contribution in [-0.2, 0) is 11.2 Å². The predicted octanol–water partition coefficient (Wildman–Crippen LogP) is 4.76. The van der Waals surface area contributed by atoms with Gasteiger partial charge in [0.2, 0.25) is 6.41 Å². The number of rotatable bonds is 10. The number of hydrogen-bond acceptors (Lipinski definition) is 5. The predicted molar refractivity (Wildman–Crippen MR) is 122 cm³/mol. The van der Waals surface area contributed by atoms with E-state index in [1.165, 1.54) is 24.1 Å². The van der Waals surface area contributed by atoms with E-state index < -0.39 is 6.36 Å². The average molecular weight is 457 g/mol. The van der Waals surface area contributed by atoms with Crippen LogP contribution in [0.25, 0.3) is 0 Å². The molecule has 0 bridgehead atoms. The van der Waals surface area contributed by atoms with Gasteiger partial charge in [0.05, 0.1) is 5.54 Å². The van der Waals surface area contributed by atoms with E-state index >= 15 is 0 Å². The van der Waals surface area contributed by atoms with Crippen LogP contribution in [0.5, 0.6) is 5.75 Å². The van der Waals surface area contributed by atoms with E-state index in [9.17, 15) is 18.0 Å². The van der Waals surface area contributed by atoms with Crippen molar-refractivity contribution in [3.63, 3.8) is 0 Å². The van der Waals surface area contributed by atoms with Gasteiger partial charge in [-0.2, -0.15) is 0 Å². The number of amides is 1. The number of carbonyl (C=O) groups is 1. The highest BCUT2D eigenvalue weighted by Crippen LogP contribution is 2.37. The molecular weight excluding hydrogens is 421 g/mol. The minimum Gasteiger partial charge on any atom is -0.406 e. The molecule has 1 aromatic rings. The van der Waals surface area contributed by atoms with Gasteiger partial charge in [-0.25, -0.2) is 5.43 Å². The van der Waals surface area contributed by atoms with Gasteiger partial charge in [-0.3, -0.25) is 4.79 Å². The molecule has 180 valence electrons. The zero-order valence-electron chi connectivity index (χ0n) is 19.5. The zero-order valence-corrected chi connectivity index (χ0v) is 19.5. The fourth-order valence-corrected chi connectivity index (χ4v) is 3.32. The lowest BCUT2D eigenvalue weighted by atomic mass is 9.72. The molecule has 9 heteroatoms. The molecule has 6 nitrogen and oxygen atoms in total. The molecule has 0 radical (unpaired) electrons. The first-order valence-electron chi connectivity index (χ1n) is 10.5. The summed E-state index contributed by atoms with van der Waals surface area (Å²) in [4.78, 5) is 10.5. The molecule has 32 heavy (non-hydrogen) atoms. The fraction of sp³-hybridized carbons (Fsp3) is 0.522. The second-order valence-electron chi connectivity index (χ2n) is 8.00. The van der Waals surface area contributed by atoms with Gasteiger partial charge in [0.25, 0.3) is 0 Å². The van der Waals surface area contributed by atoms with Gasteiger partial charge in [-0.1, -0.05) is 6.08 Å². The second-order valence-corrected chi connectivity index (χ2v) is 8.00. The lowest BCUT2D eigenvalue weighted by Gasteiger charge is -2.42. The lowest BCUT2D eigenvalue weighted by Crippen LogP contribution is -2.51. The Morgan fingerprint density at radius 2 is 2.00 bits per heavy atom. The number of allylic oxidation sites excluding steroid dienone is 1. The average Bonchev–Trinajstić information content (AvgIpc) is 2.65. The Hall–Kier alpha value is -2.68. The van der Waals surface area contributed by atoms with Crippen molar-refractivity contribution >= 4 is 12.1 Å². The highest BCUT2D eigenvalue weighted by molar-refractivity contribution is 5.55. The molecule has 0 aliphatic heterocycles. The minimum absolute atomic E-state index is 0.0765. The van der Waals surface area contributed by atoms with Crippen LogP contribution in [0.2, 0.25) is 0 Å².